The van der Waals surface area contributed by atoms with Gasteiger partial charge in [-0.2, -0.15) is 0 Å². The topological polar surface area (TPSA) is 72.0 Å². The maximum Gasteiger partial charge on any atom is 0.274 e. The van der Waals surface area contributed by atoms with E-state index in [-0.39, 0.29) is 4.21 Å². The van der Waals surface area contributed by atoms with Gasteiger partial charge < -0.3 is 0 Å². The van der Waals surface area contributed by atoms with Gasteiger partial charge in [-0.3, -0.25) is 4.72 Å². The molecule has 0 spiro atoms. The zero-order valence-electron chi connectivity index (χ0n) is 8.68. The summed E-state index contributed by atoms with van der Waals surface area (Å²) in [4.78, 5) is 0. The van der Waals surface area contributed by atoms with Crippen LogP contribution in [0.1, 0.15) is 11.9 Å². The second-order valence-corrected chi connectivity index (χ2v) is 7.73. The van der Waals surface area contributed by atoms with E-state index < -0.39 is 10.0 Å². The molecule has 0 atom stereocenters. The van der Waals surface area contributed by atoms with E-state index >= 15 is 0 Å². The number of hydrogen-bond donors (Lipinski definition) is 1. The summed E-state index contributed by atoms with van der Waals surface area (Å²) in [5, 5.41) is 10.4. The first-order valence-corrected chi connectivity index (χ1v) is 8.58. The van der Waals surface area contributed by atoms with E-state index in [0.717, 1.165) is 22.8 Å². The lowest BCUT2D eigenvalue weighted by Gasteiger charge is -2.01. The van der Waals surface area contributed by atoms with Crippen molar-refractivity contribution >= 4 is 53.8 Å². The van der Waals surface area contributed by atoms with Crippen molar-refractivity contribution in [2.45, 2.75) is 17.6 Å². The van der Waals surface area contributed by atoms with Gasteiger partial charge in [-0.15, -0.1) is 21.5 Å². The molecule has 0 aromatic carbocycles. The number of hydrogen-bond acceptors (Lipinski definition) is 6. The lowest BCUT2D eigenvalue weighted by Crippen LogP contribution is -2.11. The fraction of sp³-hybridized carbons (Fsp3) is 0.250. The van der Waals surface area contributed by atoms with E-state index in [1.165, 1.54) is 11.3 Å². The van der Waals surface area contributed by atoms with Crippen molar-refractivity contribution in [3.63, 3.8) is 0 Å². The van der Waals surface area contributed by atoms with Crippen LogP contribution >= 0.6 is 38.6 Å². The average molecular weight is 354 g/mol. The molecule has 2 rings (SSSR count). The van der Waals surface area contributed by atoms with Gasteiger partial charge >= 0.3 is 0 Å². The van der Waals surface area contributed by atoms with Gasteiger partial charge in [-0.05, 0) is 33.8 Å². The van der Waals surface area contributed by atoms with Crippen molar-refractivity contribution in [3.05, 3.63) is 20.9 Å². The van der Waals surface area contributed by atoms with Crippen molar-refractivity contribution < 1.29 is 8.42 Å². The van der Waals surface area contributed by atoms with Crippen molar-refractivity contribution in [1.82, 2.24) is 10.2 Å². The van der Waals surface area contributed by atoms with Crippen molar-refractivity contribution in [2.24, 2.45) is 0 Å². The van der Waals surface area contributed by atoms with Crippen LogP contribution in [0, 0.1) is 0 Å². The minimum absolute atomic E-state index is 0.241. The second kappa shape index (κ2) is 5.01. The number of aryl methyl sites for hydroxylation is 1. The average Bonchev–Trinajstić information content (AvgIpc) is 2.86. The highest BCUT2D eigenvalue weighted by molar-refractivity contribution is 9.10. The van der Waals surface area contributed by atoms with E-state index in [9.17, 15) is 8.42 Å². The summed E-state index contributed by atoms with van der Waals surface area (Å²) < 4.78 is 27.2. The van der Waals surface area contributed by atoms with Crippen LogP contribution in [0.3, 0.4) is 0 Å². The van der Waals surface area contributed by atoms with Gasteiger partial charge in [0, 0.05) is 4.47 Å². The highest BCUT2D eigenvalue weighted by Gasteiger charge is 2.20. The van der Waals surface area contributed by atoms with E-state index in [4.69, 9.17) is 0 Å². The Morgan fingerprint density at radius 1 is 1.47 bits per heavy atom. The Bertz CT molecular complexity index is 620. The summed E-state index contributed by atoms with van der Waals surface area (Å²) in [6.45, 7) is 1.94. The van der Waals surface area contributed by atoms with E-state index in [1.807, 2.05) is 6.92 Å². The third kappa shape index (κ3) is 2.84. The van der Waals surface area contributed by atoms with Crippen molar-refractivity contribution in [1.29, 1.82) is 0 Å². The number of halogens is 1. The first kappa shape index (κ1) is 12.9. The Morgan fingerprint density at radius 2 is 2.24 bits per heavy atom. The molecule has 0 bridgehead atoms. The first-order chi connectivity index (χ1) is 8.03. The zero-order chi connectivity index (χ0) is 12.5. The van der Waals surface area contributed by atoms with Crippen LogP contribution in [0.5, 0.6) is 0 Å². The van der Waals surface area contributed by atoms with Crippen molar-refractivity contribution in [2.75, 3.05) is 4.72 Å². The molecule has 1 N–H and O–H groups in total. The molecule has 0 aliphatic rings. The monoisotopic (exact) mass is 353 g/mol. The van der Waals surface area contributed by atoms with Crippen LogP contribution < -0.4 is 4.72 Å². The minimum atomic E-state index is -3.57. The standard InChI is InChI=1S/C8H8BrN3O2S3/c1-2-6-10-11-8(16-6)12-17(13,14)7-5(9)3-4-15-7/h3-4H,2H2,1H3,(H,11,12). The molecule has 9 heteroatoms. The molecule has 0 radical (unpaired) electrons. The molecule has 0 amide bonds. The fourth-order valence-electron chi connectivity index (χ4n) is 1.07. The van der Waals surface area contributed by atoms with Gasteiger partial charge in [-0.1, -0.05) is 18.3 Å². The van der Waals surface area contributed by atoms with E-state index in [2.05, 4.69) is 30.8 Å². The summed E-state index contributed by atoms with van der Waals surface area (Å²) in [6, 6.07) is 1.69. The molecular weight excluding hydrogens is 346 g/mol. The van der Waals surface area contributed by atoms with Gasteiger partial charge in [-0.25, -0.2) is 8.42 Å². The molecule has 0 saturated carbocycles. The minimum Gasteiger partial charge on any atom is -0.252 e. The van der Waals surface area contributed by atoms with Gasteiger partial charge in [0.2, 0.25) is 5.13 Å². The van der Waals surface area contributed by atoms with E-state index in [0.29, 0.717) is 9.60 Å². The first-order valence-electron chi connectivity index (χ1n) is 4.61. The molecule has 2 aromatic heterocycles. The second-order valence-electron chi connectivity index (χ2n) is 3.02. The number of aromatic nitrogens is 2. The summed E-state index contributed by atoms with van der Waals surface area (Å²) in [6.07, 6.45) is 0.738. The van der Waals surface area contributed by atoms with E-state index in [1.54, 1.807) is 11.4 Å². The number of thiophene rings is 1. The predicted octanol–water partition coefficient (Wildman–Crippen LogP) is 2.73. The maximum absolute atomic E-state index is 12.0. The third-order valence-corrected chi connectivity index (χ3v) is 6.94. The predicted molar refractivity (Wildman–Crippen MR) is 72.1 cm³/mol. The molecule has 0 unspecified atom stereocenters. The number of nitrogens with zero attached hydrogens (tertiary/aromatic N) is 2. The van der Waals surface area contributed by atoms with Crippen LogP contribution in [0.15, 0.2) is 20.1 Å². The number of rotatable bonds is 4. The number of anilines is 1. The number of nitrogens with one attached hydrogen (secondary N) is 1. The largest absolute Gasteiger partial charge is 0.274 e. The van der Waals surface area contributed by atoms with Crippen LogP contribution in [-0.2, 0) is 16.4 Å². The van der Waals surface area contributed by atoms with Crippen LogP contribution in [0.4, 0.5) is 5.13 Å². The molecule has 92 valence electrons. The lowest BCUT2D eigenvalue weighted by molar-refractivity contribution is 0.602. The highest BCUT2D eigenvalue weighted by atomic mass is 79.9. The highest BCUT2D eigenvalue weighted by Crippen LogP contribution is 2.29. The Balaban J connectivity index is 2.26. The Morgan fingerprint density at radius 3 is 2.76 bits per heavy atom. The zero-order valence-corrected chi connectivity index (χ0v) is 12.7. The summed E-state index contributed by atoms with van der Waals surface area (Å²) in [7, 11) is -3.57. The van der Waals surface area contributed by atoms with Gasteiger partial charge in [0.1, 0.15) is 5.01 Å². The smallest absolute Gasteiger partial charge is 0.252 e. The maximum atomic E-state index is 12.0. The lowest BCUT2D eigenvalue weighted by atomic mass is 10.5. The molecule has 0 aliphatic heterocycles. The molecule has 2 heterocycles. The molecule has 0 aliphatic carbocycles. The Kier molecular flexibility index (Phi) is 3.81. The fourth-order valence-corrected chi connectivity index (χ4v) is 5.32. The molecule has 5 nitrogen and oxygen atoms in total. The van der Waals surface area contributed by atoms with Crippen LogP contribution in [0.25, 0.3) is 0 Å². The van der Waals surface area contributed by atoms with Crippen LogP contribution in [-0.4, -0.2) is 18.6 Å². The van der Waals surface area contributed by atoms with Crippen LogP contribution in [0.2, 0.25) is 0 Å². The van der Waals surface area contributed by atoms with Crippen molar-refractivity contribution in [3.8, 4) is 0 Å². The quantitative estimate of drug-likeness (QED) is 0.916. The third-order valence-electron chi connectivity index (χ3n) is 1.82. The SMILES string of the molecule is CCc1nnc(NS(=O)(=O)c2sccc2Br)s1. The summed E-state index contributed by atoms with van der Waals surface area (Å²) in [5.41, 5.74) is 0. The summed E-state index contributed by atoms with van der Waals surface area (Å²) in [5.74, 6) is 0. The molecule has 17 heavy (non-hydrogen) atoms. The number of sulfonamides is 1. The molecule has 0 fully saturated rings. The Labute approximate surface area is 115 Å². The normalized spacial score (nSPS) is 11.6. The summed E-state index contributed by atoms with van der Waals surface area (Å²) >= 11 is 5.58. The van der Waals surface area contributed by atoms with Gasteiger partial charge in [0.15, 0.2) is 4.21 Å². The Hall–Kier alpha value is -0.510. The molecular formula is C8H8BrN3O2S3. The molecule has 2 aromatic rings. The van der Waals surface area contributed by atoms with Gasteiger partial charge in [0.25, 0.3) is 10.0 Å². The van der Waals surface area contributed by atoms with Gasteiger partial charge in [0.05, 0.1) is 0 Å². The molecule has 0 saturated heterocycles.